The molecule has 0 fully saturated rings. The van der Waals surface area contributed by atoms with E-state index in [0.29, 0.717) is 0 Å². The van der Waals surface area contributed by atoms with Gasteiger partial charge in [-0.15, -0.1) is 0 Å². The maximum atomic E-state index is 9.35. The molecule has 0 radical (unpaired) electrons. The zero-order valence-electron chi connectivity index (χ0n) is 7.00. The Bertz CT molecular complexity index is 283. The van der Waals surface area contributed by atoms with Gasteiger partial charge in [-0.2, -0.15) is 0 Å². The summed E-state index contributed by atoms with van der Waals surface area (Å²) >= 11 is 0. The minimum Gasteiger partial charge on any atom is -0.491 e. The molecule has 12 heavy (non-hydrogen) atoms. The highest BCUT2D eigenvalue weighted by Gasteiger charge is 2.26. The molecule has 0 aromatic carbocycles. The van der Waals surface area contributed by atoms with Gasteiger partial charge in [-0.25, -0.2) is 0 Å². The van der Waals surface area contributed by atoms with Gasteiger partial charge in [0.25, 0.3) is 5.88 Å². The van der Waals surface area contributed by atoms with Crippen LogP contribution >= 0.6 is 0 Å². The van der Waals surface area contributed by atoms with E-state index in [0.717, 1.165) is 30.6 Å². The van der Waals surface area contributed by atoms with Crippen molar-refractivity contribution in [3.8, 4) is 5.88 Å². The molecule has 1 atom stereocenters. The third kappa shape index (κ3) is 0.992. The fraction of sp³-hybridized carbons (Fsp3) is 0.625. The molecule has 4 nitrogen and oxygen atoms in total. The summed E-state index contributed by atoms with van der Waals surface area (Å²) in [6.07, 6.45) is 3.02. The van der Waals surface area contributed by atoms with Gasteiger partial charge in [0.2, 0.25) is 0 Å². The fourth-order valence-electron chi connectivity index (χ4n) is 1.75. The lowest BCUT2D eigenvalue weighted by molar-refractivity contribution is 0.337. The van der Waals surface area contributed by atoms with Crippen molar-refractivity contribution in [3.05, 3.63) is 11.3 Å². The predicted octanol–water partition coefficient (Wildman–Crippen LogP) is 0.977. The predicted molar refractivity (Wildman–Crippen MR) is 42.9 cm³/mol. The van der Waals surface area contributed by atoms with Crippen LogP contribution in [-0.2, 0) is 6.42 Å². The Kier molecular flexibility index (Phi) is 1.77. The average Bonchev–Trinajstić information content (AvgIpc) is 2.48. The molecule has 0 spiro atoms. The highest BCUT2D eigenvalue weighted by atomic mass is 16.5. The normalized spacial score (nSPS) is 22.2. The van der Waals surface area contributed by atoms with Crippen LogP contribution < -0.4 is 5.32 Å². The van der Waals surface area contributed by atoms with Crippen molar-refractivity contribution in [3.63, 3.8) is 0 Å². The maximum Gasteiger partial charge on any atom is 0.256 e. The highest BCUT2D eigenvalue weighted by Crippen LogP contribution is 2.34. The minimum absolute atomic E-state index is 0.0454. The summed E-state index contributed by atoms with van der Waals surface area (Å²) < 4.78 is 4.98. The van der Waals surface area contributed by atoms with Crippen LogP contribution in [0.5, 0.6) is 5.88 Å². The molecule has 1 heterocycles. The van der Waals surface area contributed by atoms with E-state index < -0.39 is 0 Å². The molecule has 0 aliphatic heterocycles. The SMILES string of the molecule is CN[C@@H]1CCCc2onc(O)c21. The van der Waals surface area contributed by atoms with Gasteiger partial charge in [0.15, 0.2) is 0 Å². The molecule has 1 aromatic heterocycles. The summed E-state index contributed by atoms with van der Waals surface area (Å²) in [6.45, 7) is 0. The summed E-state index contributed by atoms with van der Waals surface area (Å²) in [5.74, 6) is 0.877. The van der Waals surface area contributed by atoms with Gasteiger partial charge in [0.05, 0.1) is 5.56 Å². The van der Waals surface area contributed by atoms with Crippen LogP contribution in [0.4, 0.5) is 0 Å². The largest absolute Gasteiger partial charge is 0.491 e. The van der Waals surface area contributed by atoms with E-state index in [4.69, 9.17) is 4.52 Å². The fourth-order valence-corrected chi connectivity index (χ4v) is 1.75. The summed E-state index contributed by atoms with van der Waals surface area (Å²) in [5, 5.41) is 16.0. The Morgan fingerprint density at radius 1 is 1.67 bits per heavy atom. The van der Waals surface area contributed by atoms with E-state index in [2.05, 4.69) is 10.5 Å². The van der Waals surface area contributed by atoms with E-state index in [1.807, 2.05) is 7.05 Å². The van der Waals surface area contributed by atoms with E-state index in [1.165, 1.54) is 0 Å². The third-order valence-electron chi connectivity index (χ3n) is 2.38. The number of hydrogen-bond acceptors (Lipinski definition) is 4. The standard InChI is InChI=1S/C8H12N2O2/c1-9-5-3-2-4-6-7(5)8(11)10-12-6/h5,9H,2-4H2,1H3,(H,10,11)/t5-/m1/s1. The number of nitrogens with one attached hydrogen (secondary N) is 1. The van der Waals surface area contributed by atoms with Gasteiger partial charge in [-0.3, -0.25) is 0 Å². The van der Waals surface area contributed by atoms with E-state index in [1.54, 1.807) is 0 Å². The Balaban J connectivity index is 2.41. The molecule has 2 N–H and O–H groups in total. The van der Waals surface area contributed by atoms with Crippen LogP contribution in [0.3, 0.4) is 0 Å². The van der Waals surface area contributed by atoms with Crippen molar-refractivity contribution in [2.75, 3.05) is 7.05 Å². The van der Waals surface area contributed by atoms with Gasteiger partial charge in [-0.1, -0.05) is 0 Å². The molecule has 0 saturated carbocycles. The van der Waals surface area contributed by atoms with E-state index in [9.17, 15) is 5.11 Å². The van der Waals surface area contributed by atoms with Crippen LogP contribution in [0.15, 0.2) is 4.52 Å². The second-order valence-corrected chi connectivity index (χ2v) is 3.08. The van der Waals surface area contributed by atoms with Gasteiger partial charge in [0.1, 0.15) is 5.76 Å². The molecule has 0 unspecified atom stereocenters. The zero-order valence-corrected chi connectivity index (χ0v) is 7.00. The molecule has 1 aliphatic carbocycles. The smallest absolute Gasteiger partial charge is 0.256 e. The average molecular weight is 168 g/mol. The maximum absolute atomic E-state index is 9.35. The van der Waals surface area contributed by atoms with Crippen molar-refractivity contribution in [1.29, 1.82) is 0 Å². The van der Waals surface area contributed by atoms with Crippen molar-refractivity contribution in [2.45, 2.75) is 25.3 Å². The van der Waals surface area contributed by atoms with Crippen LogP contribution in [0, 0.1) is 0 Å². The molecule has 0 amide bonds. The number of aromatic hydroxyl groups is 1. The third-order valence-corrected chi connectivity index (χ3v) is 2.38. The highest BCUT2D eigenvalue weighted by molar-refractivity contribution is 5.32. The van der Waals surface area contributed by atoms with Gasteiger partial charge in [0, 0.05) is 12.5 Å². The molecule has 1 aliphatic rings. The van der Waals surface area contributed by atoms with Crippen LogP contribution in [0.1, 0.15) is 30.2 Å². The van der Waals surface area contributed by atoms with Gasteiger partial charge < -0.3 is 14.9 Å². The summed E-state index contributed by atoms with van der Waals surface area (Å²) in [6, 6.07) is 0.208. The summed E-state index contributed by atoms with van der Waals surface area (Å²) in [7, 11) is 1.88. The monoisotopic (exact) mass is 168 g/mol. The molecule has 0 bridgehead atoms. The number of fused-ring (bicyclic) bond motifs is 1. The van der Waals surface area contributed by atoms with Crippen LogP contribution in [-0.4, -0.2) is 17.3 Å². The zero-order chi connectivity index (χ0) is 8.55. The first-order valence-corrected chi connectivity index (χ1v) is 4.17. The Labute approximate surface area is 70.6 Å². The quantitative estimate of drug-likeness (QED) is 0.656. The molecule has 2 rings (SSSR count). The van der Waals surface area contributed by atoms with Crippen molar-refractivity contribution < 1.29 is 9.63 Å². The second-order valence-electron chi connectivity index (χ2n) is 3.08. The molecule has 4 heteroatoms. The lowest BCUT2D eigenvalue weighted by atomic mass is 9.93. The first kappa shape index (κ1) is 7.61. The van der Waals surface area contributed by atoms with Crippen molar-refractivity contribution in [1.82, 2.24) is 10.5 Å². The number of hydrogen-bond donors (Lipinski definition) is 2. The second kappa shape index (κ2) is 2.79. The number of rotatable bonds is 1. The van der Waals surface area contributed by atoms with E-state index in [-0.39, 0.29) is 11.9 Å². The van der Waals surface area contributed by atoms with Crippen molar-refractivity contribution >= 4 is 0 Å². The molecule has 1 aromatic rings. The summed E-state index contributed by atoms with van der Waals surface area (Å²) in [4.78, 5) is 0. The Hall–Kier alpha value is -1.03. The molecule has 0 saturated heterocycles. The minimum atomic E-state index is 0.0454. The van der Waals surface area contributed by atoms with Crippen LogP contribution in [0.25, 0.3) is 0 Å². The van der Waals surface area contributed by atoms with Crippen molar-refractivity contribution in [2.24, 2.45) is 0 Å². The van der Waals surface area contributed by atoms with E-state index >= 15 is 0 Å². The number of nitrogens with zero attached hydrogens (tertiary/aromatic N) is 1. The van der Waals surface area contributed by atoms with Crippen LogP contribution in [0.2, 0.25) is 0 Å². The molecule has 66 valence electrons. The lowest BCUT2D eigenvalue weighted by Gasteiger charge is -2.19. The number of aromatic nitrogens is 1. The lowest BCUT2D eigenvalue weighted by Crippen LogP contribution is -2.20. The first-order chi connectivity index (χ1) is 5.83. The first-order valence-electron chi connectivity index (χ1n) is 4.17. The molecular formula is C8H12N2O2. The van der Waals surface area contributed by atoms with Gasteiger partial charge >= 0.3 is 0 Å². The molecular weight excluding hydrogens is 156 g/mol. The van der Waals surface area contributed by atoms with Gasteiger partial charge in [-0.05, 0) is 25.0 Å². The topological polar surface area (TPSA) is 58.3 Å². The Morgan fingerprint density at radius 2 is 2.50 bits per heavy atom. The summed E-state index contributed by atoms with van der Waals surface area (Å²) in [5.41, 5.74) is 0.851. The Morgan fingerprint density at radius 3 is 3.25 bits per heavy atom. The number of aryl methyl sites for hydroxylation is 1.